The first kappa shape index (κ1) is 39.2. The third-order valence-electron chi connectivity index (χ3n) is 5.09. The van der Waals surface area contributed by atoms with Crippen molar-refractivity contribution in [2.45, 2.75) is 46.6 Å². The summed E-state index contributed by atoms with van der Waals surface area (Å²) in [6.45, 7) is 14.9. The standard InChI is InChI=1S/C31H51NO12/c1-25(2)24-42-29(34)26-6-8-27(9-7-26)43-28(33)10-12-36-14-16-38-18-20-40-22-23-41-21-19-39-17-15-37-13-11-32-30(35)44-31(3,4)5/h6-9,25H,10-24H2,1-5H3,(H,32,35). The Balaban J connectivity index is 1.83. The maximum Gasteiger partial charge on any atom is 0.407 e. The van der Waals surface area contributed by atoms with Gasteiger partial charge in [-0.05, 0) is 51.0 Å². The van der Waals surface area contributed by atoms with Gasteiger partial charge in [0.25, 0.3) is 0 Å². The van der Waals surface area contributed by atoms with E-state index in [1.54, 1.807) is 45.0 Å². The molecule has 1 aromatic carbocycles. The molecule has 0 aromatic heterocycles. The zero-order valence-corrected chi connectivity index (χ0v) is 26.9. The SMILES string of the molecule is CC(C)COC(=O)c1ccc(OC(=O)CCOCCOCCOCCOCCOCCOCCNC(=O)OC(C)(C)C)cc1. The minimum absolute atomic E-state index is 0.0925. The van der Waals surface area contributed by atoms with Gasteiger partial charge in [-0.15, -0.1) is 0 Å². The largest absolute Gasteiger partial charge is 0.462 e. The van der Waals surface area contributed by atoms with E-state index >= 15 is 0 Å². The molecule has 1 rings (SSSR count). The van der Waals surface area contributed by atoms with Gasteiger partial charge in [-0.3, -0.25) is 4.79 Å². The van der Waals surface area contributed by atoms with Crippen LogP contribution in [0, 0.1) is 5.92 Å². The molecule has 44 heavy (non-hydrogen) atoms. The van der Waals surface area contributed by atoms with Crippen molar-refractivity contribution in [2.75, 3.05) is 92.4 Å². The van der Waals surface area contributed by atoms with Crippen molar-refractivity contribution in [1.29, 1.82) is 0 Å². The topological polar surface area (TPSA) is 146 Å². The van der Waals surface area contributed by atoms with Crippen LogP contribution in [0.5, 0.6) is 5.75 Å². The average Bonchev–Trinajstić information content (AvgIpc) is 2.96. The van der Waals surface area contributed by atoms with Gasteiger partial charge in [0.05, 0.1) is 97.9 Å². The van der Waals surface area contributed by atoms with Gasteiger partial charge >= 0.3 is 18.0 Å². The van der Waals surface area contributed by atoms with E-state index in [0.29, 0.717) is 97.1 Å². The van der Waals surface area contributed by atoms with E-state index in [2.05, 4.69) is 5.32 Å². The number of benzene rings is 1. The zero-order chi connectivity index (χ0) is 32.5. The molecule has 13 nitrogen and oxygen atoms in total. The summed E-state index contributed by atoms with van der Waals surface area (Å²) in [6.07, 6.45) is -0.371. The van der Waals surface area contributed by atoms with Crippen molar-refractivity contribution in [3.8, 4) is 5.75 Å². The lowest BCUT2D eigenvalue weighted by atomic mass is 10.2. The summed E-state index contributed by atoms with van der Waals surface area (Å²) in [5.74, 6) is -0.236. The fourth-order valence-electron chi connectivity index (χ4n) is 3.06. The molecule has 0 aliphatic carbocycles. The number of amides is 1. The Kier molecular flexibility index (Phi) is 21.8. The molecule has 0 saturated heterocycles. The van der Waals surface area contributed by atoms with Gasteiger partial charge in [-0.25, -0.2) is 9.59 Å². The van der Waals surface area contributed by atoms with E-state index in [0.717, 1.165) is 0 Å². The van der Waals surface area contributed by atoms with Gasteiger partial charge in [-0.2, -0.15) is 0 Å². The van der Waals surface area contributed by atoms with Crippen molar-refractivity contribution in [3.63, 3.8) is 0 Å². The van der Waals surface area contributed by atoms with Crippen molar-refractivity contribution < 1.29 is 57.0 Å². The first-order valence-electron chi connectivity index (χ1n) is 15.0. The predicted octanol–water partition coefficient (Wildman–Crippen LogP) is 3.42. The molecule has 0 radical (unpaired) electrons. The van der Waals surface area contributed by atoms with E-state index in [1.807, 2.05) is 13.8 Å². The van der Waals surface area contributed by atoms with Crippen LogP contribution < -0.4 is 10.1 Å². The molecule has 0 bridgehead atoms. The number of hydrogen-bond donors (Lipinski definition) is 1. The highest BCUT2D eigenvalue weighted by Crippen LogP contribution is 2.14. The van der Waals surface area contributed by atoms with Crippen molar-refractivity contribution in [2.24, 2.45) is 5.92 Å². The van der Waals surface area contributed by atoms with Crippen LogP contribution in [-0.2, 0) is 42.7 Å². The lowest BCUT2D eigenvalue weighted by Gasteiger charge is -2.19. The Morgan fingerprint density at radius 2 is 1.14 bits per heavy atom. The number of rotatable bonds is 25. The highest BCUT2D eigenvalue weighted by molar-refractivity contribution is 5.89. The smallest absolute Gasteiger partial charge is 0.407 e. The molecule has 0 saturated carbocycles. The fraction of sp³-hybridized carbons (Fsp3) is 0.710. The molecule has 0 fully saturated rings. The van der Waals surface area contributed by atoms with E-state index < -0.39 is 23.6 Å². The zero-order valence-electron chi connectivity index (χ0n) is 26.9. The highest BCUT2D eigenvalue weighted by atomic mass is 16.6. The molecule has 1 aromatic rings. The lowest BCUT2D eigenvalue weighted by molar-refractivity contribution is -0.135. The number of ether oxygens (including phenoxy) is 9. The van der Waals surface area contributed by atoms with Crippen LogP contribution in [0.15, 0.2) is 24.3 Å². The molecule has 0 aliphatic rings. The van der Waals surface area contributed by atoms with Crippen LogP contribution in [0.1, 0.15) is 51.4 Å². The number of esters is 2. The summed E-state index contributed by atoms with van der Waals surface area (Å²) >= 11 is 0. The fourth-order valence-corrected chi connectivity index (χ4v) is 3.06. The third kappa shape index (κ3) is 23.6. The number of alkyl carbamates (subject to hydrolysis) is 1. The molecule has 13 heteroatoms. The monoisotopic (exact) mass is 629 g/mol. The van der Waals surface area contributed by atoms with Gasteiger partial charge in [0.1, 0.15) is 11.4 Å². The van der Waals surface area contributed by atoms with Gasteiger partial charge in [0.2, 0.25) is 0 Å². The molecule has 0 atom stereocenters. The molecule has 252 valence electrons. The molecule has 0 spiro atoms. The van der Waals surface area contributed by atoms with Crippen molar-refractivity contribution >= 4 is 18.0 Å². The van der Waals surface area contributed by atoms with E-state index in [-0.39, 0.29) is 18.9 Å². The van der Waals surface area contributed by atoms with Gasteiger partial charge < -0.3 is 47.9 Å². The minimum atomic E-state index is -0.521. The Hall–Kier alpha value is -2.81. The maximum absolute atomic E-state index is 12.0. The first-order valence-corrected chi connectivity index (χ1v) is 15.0. The number of carbonyl (C=O) groups excluding carboxylic acids is 3. The summed E-state index contributed by atoms with van der Waals surface area (Å²) in [5.41, 5.74) is -0.121. The highest BCUT2D eigenvalue weighted by Gasteiger charge is 2.15. The number of carbonyl (C=O) groups is 3. The first-order chi connectivity index (χ1) is 21.1. The lowest BCUT2D eigenvalue weighted by Crippen LogP contribution is -2.34. The normalized spacial score (nSPS) is 11.4. The molecule has 0 heterocycles. The number of nitrogens with one attached hydrogen (secondary N) is 1. The molecule has 0 unspecified atom stereocenters. The van der Waals surface area contributed by atoms with Gasteiger partial charge in [0, 0.05) is 6.54 Å². The Bertz CT molecular complexity index is 902. The summed E-state index contributed by atoms with van der Waals surface area (Å²) in [4.78, 5) is 35.4. The second-order valence-electron chi connectivity index (χ2n) is 10.8. The van der Waals surface area contributed by atoms with E-state index in [1.165, 1.54) is 0 Å². The summed E-state index contributed by atoms with van der Waals surface area (Å²) in [6, 6.07) is 6.23. The minimum Gasteiger partial charge on any atom is -0.462 e. The van der Waals surface area contributed by atoms with E-state index in [9.17, 15) is 14.4 Å². The quantitative estimate of drug-likeness (QED) is 0.0961. The Morgan fingerprint density at radius 3 is 1.59 bits per heavy atom. The summed E-state index contributed by atoms with van der Waals surface area (Å²) < 4.78 is 48.0. The predicted molar refractivity (Wildman–Crippen MR) is 161 cm³/mol. The Morgan fingerprint density at radius 1 is 0.682 bits per heavy atom. The van der Waals surface area contributed by atoms with Crippen LogP contribution in [-0.4, -0.2) is 116 Å². The molecule has 1 N–H and O–H groups in total. The van der Waals surface area contributed by atoms with Gasteiger partial charge in [0.15, 0.2) is 0 Å². The molecular weight excluding hydrogens is 578 g/mol. The second-order valence-corrected chi connectivity index (χ2v) is 10.8. The second kappa shape index (κ2) is 24.5. The van der Waals surface area contributed by atoms with Crippen LogP contribution in [0.25, 0.3) is 0 Å². The molecule has 1 amide bonds. The number of hydrogen-bond acceptors (Lipinski definition) is 12. The van der Waals surface area contributed by atoms with Crippen molar-refractivity contribution in [1.82, 2.24) is 5.32 Å². The summed E-state index contributed by atoms with van der Waals surface area (Å²) in [7, 11) is 0. The molecular formula is C31H51NO12. The third-order valence-corrected chi connectivity index (χ3v) is 5.09. The van der Waals surface area contributed by atoms with Crippen LogP contribution in [0.2, 0.25) is 0 Å². The van der Waals surface area contributed by atoms with E-state index in [4.69, 9.17) is 42.6 Å². The maximum atomic E-state index is 12.0. The molecule has 0 aliphatic heterocycles. The van der Waals surface area contributed by atoms with Crippen LogP contribution in [0.4, 0.5) is 4.79 Å². The summed E-state index contributed by atoms with van der Waals surface area (Å²) in [5, 5.41) is 2.62. The average molecular weight is 630 g/mol. The van der Waals surface area contributed by atoms with Crippen molar-refractivity contribution in [3.05, 3.63) is 29.8 Å². The van der Waals surface area contributed by atoms with Crippen LogP contribution >= 0.6 is 0 Å². The van der Waals surface area contributed by atoms with Crippen LogP contribution in [0.3, 0.4) is 0 Å². The van der Waals surface area contributed by atoms with Gasteiger partial charge in [-0.1, -0.05) is 13.8 Å². The Labute approximate surface area is 261 Å².